The van der Waals surface area contributed by atoms with Gasteiger partial charge in [-0.25, -0.2) is 4.98 Å². The van der Waals surface area contributed by atoms with E-state index in [1.165, 1.54) is 6.07 Å². The van der Waals surface area contributed by atoms with Crippen molar-refractivity contribution in [3.05, 3.63) is 28.5 Å². The van der Waals surface area contributed by atoms with Crippen LogP contribution in [-0.4, -0.2) is 11.2 Å². The fraction of sp³-hybridized carbons (Fsp3) is 0.375. The number of hydrogen-bond acceptors (Lipinski definition) is 2. The van der Waals surface area contributed by atoms with Crippen molar-refractivity contribution < 1.29 is 13.2 Å². The van der Waals surface area contributed by atoms with Crippen LogP contribution in [0.2, 0.25) is 5.15 Å². The normalized spacial score (nSPS) is 14.1. The molecule has 0 bridgehead atoms. The van der Waals surface area contributed by atoms with E-state index in [0.29, 0.717) is 5.69 Å². The number of halogens is 4. The van der Waals surface area contributed by atoms with Crippen LogP contribution in [0.25, 0.3) is 0 Å². The largest absolute Gasteiger partial charge is 0.407 e. The summed E-state index contributed by atoms with van der Waals surface area (Å²) in [5.41, 5.74) is 5.33. The molecule has 0 unspecified atom stereocenters. The molecule has 6 heteroatoms. The molecule has 0 saturated carbocycles. The monoisotopic (exact) mass is 224 g/mol. The van der Waals surface area contributed by atoms with E-state index in [1.54, 1.807) is 6.92 Å². The quantitative estimate of drug-likeness (QED) is 0.745. The molecule has 0 radical (unpaired) electrons. The molecule has 0 amide bonds. The SMILES string of the molecule is Cc1cc([C@@H](N)C(F)(F)F)cc(Cl)n1. The van der Waals surface area contributed by atoms with E-state index in [-0.39, 0.29) is 10.7 Å². The highest BCUT2D eigenvalue weighted by molar-refractivity contribution is 6.29. The van der Waals surface area contributed by atoms with Crippen LogP contribution in [0.4, 0.5) is 13.2 Å². The van der Waals surface area contributed by atoms with Gasteiger partial charge < -0.3 is 5.73 Å². The summed E-state index contributed by atoms with van der Waals surface area (Å²) >= 11 is 5.51. The lowest BCUT2D eigenvalue weighted by Gasteiger charge is -2.16. The lowest BCUT2D eigenvalue weighted by atomic mass is 10.1. The van der Waals surface area contributed by atoms with Gasteiger partial charge in [0, 0.05) is 5.69 Å². The van der Waals surface area contributed by atoms with E-state index >= 15 is 0 Å². The summed E-state index contributed by atoms with van der Waals surface area (Å²) < 4.78 is 36.6. The van der Waals surface area contributed by atoms with Gasteiger partial charge in [-0.05, 0) is 24.6 Å². The number of nitrogens with two attached hydrogens (primary N) is 1. The Kier molecular flexibility index (Phi) is 3.01. The predicted octanol–water partition coefficient (Wildman–Crippen LogP) is 2.61. The minimum atomic E-state index is -4.46. The second kappa shape index (κ2) is 3.74. The van der Waals surface area contributed by atoms with E-state index in [0.717, 1.165) is 6.07 Å². The molecule has 2 N–H and O–H groups in total. The summed E-state index contributed by atoms with van der Waals surface area (Å²) in [4.78, 5) is 3.74. The number of alkyl halides is 3. The Balaban J connectivity index is 3.07. The molecule has 1 rings (SSSR count). The Morgan fingerprint density at radius 2 is 2.00 bits per heavy atom. The Labute approximate surface area is 83.9 Å². The molecule has 0 saturated heterocycles. The van der Waals surface area contributed by atoms with Crippen molar-refractivity contribution in [2.75, 3.05) is 0 Å². The van der Waals surface area contributed by atoms with Crippen LogP contribution >= 0.6 is 11.6 Å². The minimum Gasteiger partial charge on any atom is -0.316 e. The minimum absolute atomic E-state index is 0.0136. The van der Waals surface area contributed by atoms with Crippen LogP contribution in [0.1, 0.15) is 17.3 Å². The van der Waals surface area contributed by atoms with E-state index in [2.05, 4.69) is 4.98 Å². The first-order chi connectivity index (χ1) is 6.30. The summed E-state index contributed by atoms with van der Waals surface area (Å²) in [6.45, 7) is 1.55. The van der Waals surface area contributed by atoms with Crippen LogP contribution in [0, 0.1) is 6.92 Å². The fourth-order valence-corrected chi connectivity index (χ4v) is 1.28. The molecule has 0 spiro atoms. The van der Waals surface area contributed by atoms with E-state index in [9.17, 15) is 13.2 Å². The van der Waals surface area contributed by atoms with Gasteiger partial charge in [-0.15, -0.1) is 0 Å². The predicted molar refractivity (Wildman–Crippen MR) is 47.0 cm³/mol. The Morgan fingerprint density at radius 1 is 1.43 bits per heavy atom. The van der Waals surface area contributed by atoms with Gasteiger partial charge in [0.25, 0.3) is 0 Å². The van der Waals surface area contributed by atoms with Crippen LogP contribution in [0.3, 0.4) is 0 Å². The molecule has 0 aliphatic rings. The summed E-state index contributed by atoms with van der Waals surface area (Å²) in [6, 6.07) is 0.373. The topological polar surface area (TPSA) is 38.9 Å². The molecule has 2 nitrogen and oxygen atoms in total. The highest BCUT2D eigenvalue weighted by atomic mass is 35.5. The Hall–Kier alpha value is -0.810. The summed E-state index contributed by atoms with van der Waals surface area (Å²) in [6.07, 6.45) is -4.46. The molecule has 0 aromatic carbocycles. The molecule has 1 aromatic heterocycles. The standard InChI is InChI=1S/C8H8ClF3N2/c1-4-2-5(3-6(9)14-4)7(13)8(10,11)12/h2-3,7H,13H2,1H3/t7-/m1/s1. The third-order valence-corrected chi connectivity index (χ3v) is 1.85. The van der Waals surface area contributed by atoms with Crippen LogP contribution in [0.5, 0.6) is 0 Å². The van der Waals surface area contributed by atoms with Gasteiger partial charge in [-0.3, -0.25) is 0 Å². The molecule has 0 fully saturated rings. The van der Waals surface area contributed by atoms with Crippen molar-refractivity contribution in [3.8, 4) is 0 Å². The Morgan fingerprint density at radius 3 is 2.43 bits per heavy atom. The molecular weight excluding hydrogens is 217 g/mol. The Bertz CT molecular complexity index is 318. The maximum absolute atomic E-state index is 12.2. The maximum atomic E-state index is 12.2. The highest BCUT2D eigenvalue weighted by Gasteiger charge is 2.38. The van der Waals surface area contributed by atoms with Crippen molar-refractivity contribution >= 4 is 11.6 Å². The van der Waals surface area contributed by atoms with E-state index in [1.807, 2.05) is 0 Å². The molecule has 1 aromatic rings. The number of nitrogens with zero attached hydrogens (tertiary/aromatic N) is 1. The zero-order chi connectivity index (χ0) is 10.9. The molecule has 14 heavy (non-hydrogen) atoms. The van der Waals surface area contributed by atoms with Gasteiger partial charge in [0.2, 0.25) is 0 Å². The lowest BCUT2D eigenvalue weighted by Crippen LogP contribution is -2.28. The van der Waals surface area contributed by atoms with Gasteiger partial charge in [0.1, 0.15) is 11.2 Å². The second-order valence-electron chi connectivity index (χ2n) is 2.88. The first kappa shape index (κ1) is 11.3. The number of rotatable bonds is 1. The van der Waals surface area contributed by atoms with Crippen LogP contribution in [-0.2, 0) is 0 Å². The van der Waals surface area contributed by atoms with Crippen molar-refractivity contribution in [1.82, 2.24) is 4.98 Å². The van der Waals surface area contributed by atoms with Crippen molar-refractivity contribution in [2.45, 2.75) is 19.1 Å². The third kappa shape index (κ3) is 2.59. The number of aryl methyl sites for hydroxylation is 1. The van der Waals surface area contributed by atoms with Crippen LogP contribution in [0.15, 0.2) is 12.1 Å². The molecule has 1 atom stereocenters. The molecular formula is C8H8ClF3N2. The van der Waals surface area contributed by atoms with Crippen molar-refractivity contribution in [2.24, 2.45) is 5.73 Å². The first-order valence-corrected chi connectivity index (χ1v) is 4.15. The lowest BCUT2D eigenvalue weighted by molar-refractivity contribution is -0.149. The zero-order valence-corrected chi connectivity index (χ0v) is 8.02. The highest BCUT2D eigenvalue weighted by Crippen LogP contribution is 2.31. The second-order valence-corrected chi connectivity index (χ2v) is 3.27. The van der Waals surface area contributed by atoms with Gasteiger partial charge in [0.05, 0.1) is 0 Å². The molecule has 78 valence electrons. The molecule has 0 aliphatic carbocycles. The smallest absolute Gasteiger partial charge is 0.316 e. The van der Waals surface area contributed by atoms with Crippen molar-refractivity contribution in [1.29, 1.82) is 0 Å². The number of hydrogen-bond donors (Lipinski definition) is 1. The van der Waals surface area contributed by atoms with Gasteiger partial charge in [0.15, 0.2) is 0 Å². The summed E-state index contributed by atoms with van der Waals surface area (Å²) in [5.74, 6) is 0. The van der Waals surface area contributed by atoms with Gasteiger partial charge >= 0.3 is 6.18 Å². The van der Waals surface area contributed by atoms with E-state index < -0.39 is 12.2 Å². The fourth-order valence-electron chi connectivity index (χ4n) is 1.02. The maximum Gasteiger partial charge on any atom is 0.407 e. The van der Waals surface area contributed by atoms with Gasteiger partial charge in [-0.1, -0.05) is 11.6 Å². The molecule has 0 aliphatic heterocycles. The summed E-state index contributed by atoms with van der Waals surface area (Å²) in [7, 11) is 0. The average Bonchev–Trinajstić information content (AvgIpc) is 1.99. The first-order valence-electron chi connectivity index (χ1n) is 3.77. The summed E-state index contributed by atoms with van der Waals surface area (Å²) in [5, 5.41) is 0.0136. The van der Waals surface area contributed by atoms with E-state index in [4.69, 9.17) is 17.3 Å². The third-order valence-electron chi connectivity index (χ3n) is 1.66. The zero-order valence-electron chi connectivity index (χ0n) is 7.27. The van der Waals surface area contributed by atoms with Crippen molar-refractivity contribution in [3.63, 3.8) is 0 Å². The number of pyridine rings is 1. The number of aromatic nitrogens is 1. The van der Waals surface area contributed by atoms with Gasteiger partial charge in [-0.2, -0.15) is 13.2 Å². The average molecular weight is 225 g/mol. The molecule has 1 heterocycles. The van der Waals surface area contributed by atoms with Crippen LogP contribution < -0.4 is 5.73 Å².